The lowest BCUT2D eigenvalue weighted by Crippen LogP contribution is -2.60. The Bertz CT molecular complexity index is 667. The average molecular weight is 381 g/mol. The van der Waals surface area contributed by atoms with E-state index in [0.717, 1.165) is 0 Å². The Hall–Kier alpha value is -2.68. The van der Waals surface area contributed by atoms with Gasteiger partial charge in [0.1, 0.15) is 30.6 Å². The molecule has 1 fully saturated rings. The number of hydrogen-bond donors (Lipinski definition) is 1. The number of esters is 1. The Labute approximate surface area is 157 Å². The van der Waals surface area contributed by atoms with Crippen LogP contribution in [0.1, 0.15) is 6.42 Å². The quantitative estimate of drug-likeness (QED) is 0.530. The number of carbonyl (C=O) groups excluding carboxylic acids is 3. The molecule has 1 unspecified atom stereocenters. The van der Waals surface area contributed by atoms with Gasteiger partial charge in [0.25, 0.3) is 0 Å². The number of ether oxygens (including phenoxy) is 2. The lowest BCUT2D eigenvalue weighted by Gasteiger charge is -2.40. The van der Waals surface area contributed by atoms with Crippen LogP contribution in [0.2, 0.25) is 0 Å². The van der Waals surface area contributed by atoms with Gasteiger partial charge in [-0.3, -0.25) is 19.3 Å². The summed E-state index contributed by atoms with van der Waals surface area (Å²) < 4.78 is 23.0. The molecule has 2 amide bonds. The van der Waals surface area contributed by atoms with Gasteiger partial charge in [-0.2, -0.15) is 0 Å². The molecule has 0 bridgehead atoms. The number of halogens is 1. The second kappa shape index (κ2) is 9.86. The topological polar surface area (TPSA) is 88.2 Å². The molecule has 0 spiro atoms. The van der Waals surface area contributed by atoms with Gasteiger partial charge < -0.3 is 19.7 Å². The minimum atomic E-state index is -0.688. The van der Waals surface area contributed by atoms with Gasteiger partial charge in [-0.05, 0) is 24.3 Å². The normalized spacial score (nSPS) is 17.3. The highest BCUT2D eigenvalue weighted by Crippen LogP contribution is 2.14. The zero-order chi connectivity index (χ0) is 19.8. The number of rotatable bonds is 7. The van der Waals surface area contributed by atoms with E-state index in [0.29, 0.717) is 38.5 Å². The number of hydrogen-bond acceptors (Lipinski definition) is 6. The lowest BCUT2D eigenvalue weighted by atomic mass is 10.1. The van der Waals surface area contributed by atoms with Crippen LogP contribution in [0.5, 0.6) is 5.75 Å². The second-order valence-corrected chi connectivity index (χ2v) is 6.07. The molecule has 9 heteroatoms. The van der Waals surface area contributed by atoms with Crippen LogP contribution in [0, 0.1) is 5.82 Å². The molecule has 0 radical (unpaired) electrons. The molecule has 1 aromatic rings. The molecule has 148 valence electrons. The summed E-state index contributed by atoms with van der Waals surface area (Å²) in [6.45, 7) is 2.11. The van der Waals surface area contributed by atoms with Gasteiger partial charge in [-0.15, -0.1) is 0 Å². The molecular weight excluding hydrogens is 357 g/mol. The van der Waals surface area contributed by atoms with Crippen molar-refractivity contribution >= 4 is 17.8 Å². The van der Waals surface area contributed by atoms with Crippen molar-refractivity contribution in [2.24, 2.45) is 0 Å². The number of nitrogens with one attached hydrogen (secondary N) is 1. The van der Waals surface area contributed by atoms with E-state index in [9.17, 15) is 18.8 Å². The van der Waals surface area contributed by atoms with E-state index in [-0.39, 0.29) is 11.7 Å². The van der Waals surface area contributed by atoms with Crippen LogP contribution in [0.3, 0.4) is 0 Å². The first-order valence-electron chi connectivity index (χ1n) is 8.63. The summed E-state index contributed by atoms with van der Waals surface area (Å²) in [7, 11) is 2.72. The summed E-state index contributed by atoms with van der Waals surface area (Å²) >= 11 is 0. The first-order chi connectivity index (χ1) is 12.9. The molecular formula is C18H24FN3O5. The molecule has 0 aliphatic carbocycles. The maximum atomic E-state index is 12.9. The Morgan fingerprint density at radius 2 is 1.93 bits per heavy atom. The molecule has 0 aromatic heterocycles. The Balaban J connectivity index is 1.90. The van der Waals surface area contributed by atoms with Gasteiger partial charge >= 0.3 is 5.97 Å². The second-order valence-electron chi connectivity index (χ2n) is 6.07. The summed E-state index contributed by atoms with van der Waals surface area (Å²) in [5.74, 6) is -1.13. The monoisotopic (exact) mass is 381 g/mol. The van der Waals surface area contributed by atoms with Crippen LogP contribution in [0.4, 0.5) is 4.39 Å². The molecule has 1 atom stereocenters. The van der Waals surface area contributed by atoms with Gasteiger partial charge in [0.2, 0.25) is 11.8 Å². The predicted octanol–water partition coefficient (Wildman–Crippen LogP) is 0.0264. The molecule has 27 heavy (non-hydrogen) atoms. The molecule has 1 saturated heterocycles. The zero-order valence-electron chi connectivity index (χ0n) is 15.4. The maximum absolute atomic E-state index is 12.9. The first kappa shape index (κ1) is 20.6. The van der Waals surface area contributed by atoms with Crippen molar-refractivity contribution in [2.45, 2.75) is 12.5 Å². The van der Waals surface area contributed by atoms with E-state index in [1.165, 1.54) is 31.2 Å². The molecule has 8 nitrogen and oxygen atoms in total. The summed E-state index contributed by atoms with van der Waals surface area (Å²) in [4.78, 5) is 39.3. The summed E-state index contributed by atoms with van der Waals surface area (Å²) in [5, 5.41) is 2.55. The van der Waals surface area contributed by atoms with Crippen LogP contribution in [-0.2, 0) is 19.1 Å². The van der Waals surface area contributed by atoms with Gasteiger partial charge in [0.15, 0.2) is 0 Å². The Morgan fingerprint density at radius 1 is 1.22 bits per heavy atom. The molecule has 1 aliphatic rings. The third-order valence-corrected chi connectivity index (χ3v) is 4.35. The van der Waals surface area contributed by atoms with Gasteiger partial charge in [0.05, 0.1) is 7.11 Å². The smallest absolute Gasteiger partial charge is 0.315 e. The predicted molar refractivity (Wildman–Crippen MR) is 94.5 cm³/mol. The molecule has 2 rings (SSSR count). The third-order valence-electron chi connectivity index (χ3n) is 4.35. The Kier molecular flexibility index (Phi) is 7.54. The van der Waals surface area contributed by atoms with E-state index in [4.69, 9.17) is 4.74 Å². The average Bonchev–Trinajstić information content (AvgIpc) is 2.68. The fourth-order valence-electron chi connectivity index (χ4n) is 2.85. The molecule has 0 saturated carbocycles. The van der Waals surface area contributed by atoms with Crippen molar-refractivity contribution < 1.29 is 28.2 Å². The maximum Gasteiger partial charge on any atom is 0.315 e. The van der Waals surface area contributed by atoms with Crippen molar-refractivity contribution in [3.63, 3.8) is 0 Å². The standard InChI is InChI=1S/C18H24FN3O5/c1-20-18(25)15-12-21(7-8-22(15)16(23)11-17(24)26-2)9-10-27-14-5-3-13(19)4-6-14/h3-6,15H,7-12H2,1-2H3,(H,20,25). The fraction of sp³-hybridized carbons (Fsp3) is 0.500. The van der Waals surface area contributed by atoms with E-state index in [2.05, 4.69) is 10.1 Å². The highest BCUT2D eigenvalue weighted by molar-refractivity contribution is 5.96. The number of methoxy groups -OCH3 is 1. The van der Waals surface area contributed by atoms with Gasteiger partial charge in [0, 0.05) is 33.2 Å². The Morgan fingerprint density at radius 3 is 2.56 bits per heavy atom. The van der Waals surface area contributed by atoms with Crippen LogP contribution in [0.15, 0.2) is 24.3 Å². The van der Waals surface area contributed by atoms with Crippen molar-refractivity contribution in [1.82, 2.24) is 15.1 Å². The van der Waals surface area contributed by atoms with Crippen LogP contribution >= 0.6 is 0 Å². The summed E-state index contributed by atoms with van der Waals surface area (Å²) in [6, 6.07) is 5.05. The number of amides is 2. The van der Waals surface area contributed by atoms with Gasteiger partial charge in [-0.25, -0.2) is 4.39 Å². The van der Waals surface area contributed by atoms with Crippen LogP contribution < -0.4 is 10.1 Å². The third kappa shape index (κ3) is 5.92. The molecule has 1 heterocycles. The number of benzene rings is 1. The number of likely N-dealkylation sites (N-methyl/N-ethyl adjacent to an activating group) is 1. The zero-order valence-corrected chi connectivity index (χ0v) is 15.4. The van der Waals surface area contributed by atoms with E-state index >= 15 is 0 Å². The van der Waals surface area contributed by atoms with Crippen LogP contribution in [0.25, 0.3) is 0 Å². The highest BCUT2D eigenvalue weighted by atomic mass is 19.1. The number of nitrogens with zero attached hydrogens (tertiary/aromatic N) is 2. The van der Waals surface area contributed by atoms with Crippen molar-refractivity contribution in [1.29, 1.82) is 0 Å². The minimum absolute atomic E-state index is 0.294. The molecule has 1 aliphatic heterocycles. The fourth-order valence-corrected chi connectivity index (χ4v) is 2.85. The minimum Gasteiger partial charge on any atom is -0.492 e. The largest absolute Gasteiger partial charge is 0.492 e. The number of piperazine rings is 1. The van der Waals surface area contributed by atoms with Crippen molar-refractivity contribution in [3.8, 4) is 5.75 Å². The summed E-state index contributed by atoms with van der Waals surface area (Å²) in [5.41, 5.74) is 0. The highest BCUT2D eigenvalue weighted by Gasteiger charge is 2.35. The summed E-state index contributed by atoms with van der Waals surface area (Å²) in [6.07, 6.45) is -0.391. The van der Waals surface area contributed by atoms with E-state index in [1.807, 2.05) is 4.90 Å². The first-order valence-corrected chi connectivity index (χ1v) is 8.63. The van der Waals surface area contributed by atoms with E-state index < -0.39 is 24.3 Å². The number of carbonyl (C=O) groups is 3. The molecule has 1 aromatic carbocycles. The SMILES string of the molecule is CNC(=O)C1CN(CCOc2ccc(F)cc2)CCN1C(=O)CC(=O)OC. The van der Waals surface area contributed by atoms with E-state index in [1.54, 1.807) is 12.1 Å². The molecule has 1 N–H and O–H groups in total. The van der Waals surface area contributed by atoms with Crippen molar-refractivity contribution in [2.75, 3.05) is 46.9 Å². The van der Waals surface area contributed by atoms with Crippen LogP contribution in [-0.4, -0.2) is 80.6 Å². The van der Waals surface area contributed by atoms with Crippen molar-refractivity contribution in [3.05, 3.63) is 30.1 Å². The lowest BCUT2D eigenvalue weighted by molar-refractivity contribution is -0.151. The van der Waals surface area contributed by atoms with Gasteiger partial charge in [-0.1, -0.05) is 0 Å².